The minimum atomic E-state index is -0.718. The van der Waals surface area contributed by atoms with E-state index in [4.69, 9.17) is 5.11 Å². The maximum atomic E-state index is 10.4. The molecule has 138 valence electrons. The van der Waals surface area contributed by atoms with Gasteiger partial charge in [-0.3, -0.25) is 4.79 Å². The van der Waals surface area contributed by atoms with E-state index in [1.54, 1.807) is 0 Å². The van der Waals surface area contributed by atoms with Gasteiger partial charge in [-0.15, -0.1) is 0 Å². The largest absolute Gasteiger partial charge is 0.481 e. The Bertz CT molecular complexity index is 279. The van der Waals surface area contributed by atoms with Crippen molar-refractivity contribution in [2.75, 3.05) is 0 Å². The molecule has 0 heterocycles. The smallest absolute Gasteiger partial charge is 0.303 e. The molecule has 0 aromatic heterocycles. The summed E-state index contributed by atoms with van der Waals surface area (Å²) in [5, 5.41) is 28.4. The number of aliphatic carboxylic acids is 1. The van der Waals surface area contributed by atoms with E-state index in [1.165, 1.54) is 12.8 Å². The Morgan fingerprint density at radius 1 is 0.826 bits per heavy atom. The minimum Gasteiger partial charge on any atom is -0.481 e. The molecule has 0 radical (unpaired) electrons. The third kappa shape index (κ3) is 14.7. The molecule has 0 aliphatic carbocycles. The minimum absolute atomic E-state index is 0.188. The number of hydrogen-bond donors (Lipinski definition) is 3. The molecule has 0 bridgehead atoms. The van der Waals surface area contributed by atoms with Crippen LogP contribution < -0.4 is 0 Å². The molecule has 3 N–H and O–H groups in total. The molecule has 0 aromatic carbocycles. The highest BCUT2D eigenvalue weighted by Crippen LogP contribution is 2.22. The van der Waals surface area contributed by atoms with Gasteiger partial charge in [0.05, 0.1) is 12.2 Å². The first kappa shape index (κ1) is 22.4. The number of carboxylic acid groups (broad SMARTS) is 1. The lowest BCUT2D eigenvalue weighted by Gasteiger charge is -2.20. The Morgan fingerprint density at radius 2 is 1.39 bits per heavy atom. The number of aliphatic hydroxyl groups excluding tert-OH is 2. The van der Waals surface area contributed by atoms with E-state index in [-0.39, 0.29) is 18.6 Å². The van der Waals surface area contributed by atoms with E-state index in [0.29, 0.717) is 5.92 Å². The van der Waals surface area contributed by atoms with Crippen LogP contribution >= 0.6 is 0 Å². The molecule has 0 aliphatic heterocycles. The normalized spacial score (nSPS) is 15.3. The second-order valence-electron chi connectivity index (χ2n) is 6.93. The van der Waals surface area contributed by atoms with Crippen LogP contribution in [-0.4, -0.2) is 33.5 Å². The van der Waals surface area contributed by atoms with Gasteiger partial charge >= 0.3 is 5.97 Å². The second kappa shape index (κ2) is 14.9. The summed E-state index contributed by atoms with van der Waals surface area (Å²) in [6.45, 7) is 4.02. The molecule has 4 nitrogen and oxygen atoms in total. The fourth-order valence-corrected chi connectivity index (χ4v) is 3.05. The standard InChI is InChI=1S/C19H38O4/c1-3-4-7-13-18(21)14-10-12-17(16(2)20)11-8-5-6-9-15-19(22)23/h16-18,20-21H,3-15H2,1-2H3,(H,22,23). The highest BCUT2D eigenvalue weighted by atomic mass is 16.4. The molecule has 0 fully saturated rings. The number of carboxylic acids is 1. The van der Waals surface area contributed by atoms with Crippen LogP contribution in [0.1, 0.15) is 97.3 Å². The van der Waals surface area contributed by atoms with Crippen LogP contribution in [-0.2, 0) is 4.79 Å². The third-order valence-corrected chi connectivity index (χ3v) is 4.65. The van der Waals surface area contributed by atoms with Crippen LogP contribution in [0.3, 0.4) is 0 Å². The van der Waals surface area contributed by atoms with E-state index < -0.39 is 5.97 Å². The Balaban J connectivity index is 3.71. The summed E-state index contributed by atoms with van der Waals surface area (Å²) in [4.78, 5) is 10.4. The summed E-state index contributed by atoms with van der Waals surface area (Å²) < 4.78 is 0. The number of aliphatic hydroxyl groups is 2. The zero-order chi connectivity index (χ0) is 17.5. The van der Waals surface area contributed by atoms with Gasteiger partial charge < -0.3 is 15.3 Å². The predicted molar refractivity (Wildman–Crippen MR) is 94.5 cm³/mol. The van der Waals surface area contributed by atoms with E-state index >= 15 is 0 Å². The highest BCUT2D eigenvalue weighted by molar-refractivity contribution is 5.66. The lowest BCUT2D eigenvalue weighted by Crippen LogP contribution is -2.17. The molecule has 0 saturated carbocycles. The molecule has 23 heavy (non-hydrogen) atoms. The number of hydrogen-bond acceptors (Lipinski definition) is 3. The van der Waals surface area contributed by atoms with Crippen molar-refractivity contribution in [3.63, 3.8) is 0 Å². The van der Waals surface area contributed by atoms with Crippen LogP contribution in [0.15, 0.2) is 0 Å². The topological polar surface area (TPSA) is 77.8 Å². The van der Waals surface area contributed by atoms with E-state index in [1.807, 2.05) is 6.92 Å². The van der Waals surface area contributed by atoms with Crippen molar-refractivity contribution in [1.29, 1.82) is 0 Å². The van der Waals surface area contributed by atoms with Crippen LogP contribution in [0, 0.1) is 5.92 Å². The highest BCUT2D eigenvalue weighted by Gasteiger charge is 2.15. The number of rotatable bonds is 16. The van der Waals surface area contributed by atoms with Crippen LogP contribution in [0.25, 0.3) is 0 Å². The molecule has 3 unspecified atom stereocenters. The summed E-state index contributed by atoms with van der Waals surface area (Å²) >= 11 is 0. The first-order valence-electron chi connectivity index (χ1n) is 9.55. The fraction of sp³-hybridized carbons (Fsp3) is 0.947. The molecule has 0 aromatic rings. The molecular weight excluding hydrogens is 292 g/mol. The number of unbranched alkanes of at least 4 members (excludes halogenated alkanes) is 5. The van der Waals surface area contributed by atoms with Gasteiger partial charge in [-0.2, -0.15) is 0 Å². The average molecular weight is 331 g/mol. The van der Waals surface area contributed by atoms with Crippen LogP contribution in [0.4, 0.5) is 0 Å². The van der Waals surface area contributed by atoms with Crippen LogP contribution in [0.2, 0.25) is 0 Å². The Labute approximate surface area is 142 Å². The Hall–Kier alpha value is -0.610. The molecule has 0 spiro atoms. The van der Waals surface area contributed by atoms with Gasteiger partial charge in [0.15, 0.2) is 0 Å². The summed E-state index contributed by atoms with van der Waals surface area (Å²) in [6.07, 6.45) is 11.7. The lowest BCUT2D eigenvalue weighted by atomic mass is 9.90. The Morgan fingerprint density at radius 3 is 2.00 bits per heavy atom. The lowest BCUT2D eigenvalue weighted by molar-refractivity contribution is -0.137. The molecule has 0 aliphatic rings. The molecule has 0 rings (SSSR count). The van der Waals surface area contributed by atoms with Crippen molar-refractivity contribution in [3.05, 3.63) is 0 Å². The molecule has 0 saturated heterocycles. The molecule has 0 amide bonds. The van der Waals surface area contributed by atoms with Crippen molar-refractivity contribution in [3.8, 4) is 0 Å². The number of carbonyl (C=O) groups is 1. The van der Waals surface area contributed by atoms with E-state index in [0.717, 1.165) is 64.2 Å². The van der Waals surface area contributed by atoms with Crippen molar-refractivity contribution in [2.24, 2.45) is 5.92 Å². The van der Waals surface area contributed by atoms with Gasteiger partial charge in [0.25, 0.3) is 0 Å². The van der Waals surface area contributed by atoms with Crippen molar-refractivity contribution in [1.82, 2.24) is 0 Å². The van der Waals surface area contributed by atoms with Gasteiger partial charge in [0.2, 0.25) is 0 Å². The molecular formula is C19H38O4. The van der Waals surface area contributed by atoms with Crippen molar-refractivity contribution in [2.45, 2.75) is 110 Å². The summed E-state index contributed by atoms with van der Waals surface area (Å²) in [5.41, 5.74) is 0. The van der Waals surface area contributed by atoms with Crippen molar-refractivity contribution < 1.29 is 20.1 Å². The van der Waals surface area contributed by atoms with Gasteiger partial charge in [-0.1, -0.05) is 51.9 Å². The van der Waals surface area contributed by atoms with Gasteiger partial charge in [0, 0.05) is 6.42 Å². The summed E-state index contributed by atoms with van der Waals surface area (Å²) in [6, 6.07) is 0. The SMILES string of the molecule is CCCCCC(O)CCCC(CCCCCCC(=O)O)C(C)O. The Kier molecular flexibility index (Phi) is 14.6. The molecule has 3 atom stereocenters. The van der Waals surface area contributed by atoms with Crippen molar-refractivity contribution >= 4 is 5.97 Å². The average Bonchev–Trinajstić information content (AvgIpc) is 2.48. The predicted octanol–water partition coefficient (Wildman–Crippen LogP) is 4.52. The second-order valence-corrected chi connectivity index (χ2v) is 6.93. The van der Waals surface area contributed by atoms with Gasteiger partial charge in [-0.05, 0) is 44.9 Å². The van der Waals surface area contributed by atoms with E-state index in [9.17, 15) is 15.0 Å². The summed E-state index contributed by atoms with van der Waals surface area (Å²) in [5.74, 6) is -0.415. The zero-order valence-corrected chi connectivity index (χ0v) is 15.2. The molecule has 4 heteroatoms. The quantitative estimate of drug-likeness (QED) is 0.364. The zero-order valence-electron chi connectivity index (χ0n) is 15.2. The third-order valence-electron chi connectivity index (χ3n) is 4.65. The summed E-state index contributed by atoms with van der Waals surface area (Å²) in [7, 11) is 0. The maximum Gasteiger partial charge on any atom is 0.303 e. The maximum absolute atomic E-state index is 10.4. The van der Waals surface area contributed by atoms with Gasteiger partial charge in [0.1, 0.15) is 0 Å². The van der Waals surface area contributed by atoms with E-state index in [2.05, 4.69) is 6.92 Å². The fourth-order valence-electron chi connectivity index (χ4n) is 3.05. The first-order valence-corrected chi connectivity index (χ1v) is 9.55. The monoisotopic (exact) mass is 330 g/mol. The van der Waals surface area contributed by atoms with Crippen LogP contribution in [0.5, 0.6) is 0 Å². The first-order chi connectivity index (χ1) is 11.0. The van der Waals surface area contributed by atoms with Gasteiger partial charge in [-0.25, -0.2) is 0 Å².